The van der Waals surface area contributed by atoms with Gasteiger partial charge in [-0.1, -0.05) is 0 Å². The number of hydrogen-bond donors (Lipinski definition) is 1. The average molecular weight is 278 g/mol. The molecule has 1 fully saturated rings. The van der Waals surface area contributed by atoms with Gasteiger partial charge in [-0.3, -0.25) is 4.90 Å². The van der Waals surface area contributed by atoms with Crippen LogP contribution in [0, 0.1) is 11.7 Å². The van der Waals surface area contributed by atoms with Crippen molar-refractivity contribution in [2.24, 2.45) is 5.92 Å². The zero-order valence-electron chi connectivity index (χ0n) is 12.1. The Morgan fingerprint density at radius 3 is 3.05 bits per heavy atom. The van der Waals surface area contributed by atoms with Gasteiger partial charge in [0.1, 0.15) is 0 Å². The number of fused-ring (bicyclic) bond motifs is 1. The molecule has 3 rings (SSSR count). The summed E-state index contributed by atoms with van der Waals surface area (Å²) in [7, 11) is 1.52. The van der Waals surface area contributed by atoms with Gasteiger partial charge in [-0.15, -0.1) is 0 Å². The average Bonchev–Trinajstić information content (AvgIpc) is 2.47. The Hall–Kier alpha value is -1.13. The van der Waals surface area contributed by atoms with E-state index < -0.39 is 0 Å². The molecule has 1 atom stereocenters. The smallest absolute Gasteiger partial charge is 0.165 e. The largest absolute Gasteiger partial charge is 0.494 e. The lowest BCUT2D eigenvalue weighted by Crippen LogP contribution is -2.40. The monoisotopic (exact) mass is 278 g/mol. The SMILES string of the molecule is COc1cc2c(cc1F)CN(CC1CCCNC1)CC2. The summed E-state index contributed by atoms with van der Waals surface area (Å²) < 4.78 is 18.9. The normalized spacial score (nSPS) is 23.4. The highest BCUT2D eigenvalue weighted by Gasteiger charge is 2.22. The van der Waals surface area contributed by atoms with Crippen molar-refractivity contribution in [3.05, 3.63) is 29.1 Å². The van der Waals surface area contributed by atoms with E-state index in [0.29, 0.717) is 5.75 Å². The summed E-state index contributed by atoms with van der Waals surface area (Å²) in [5, 5.41) is 3.46. The van der Waals surface area contributed by atoms with E-state index in [4.69, 9.17) is 4.74 Å². The molecule has 1 aromatic carbocycles. The molecule has 3 nitrogen and oxygen atoms in total. The van der Waals surface area contributed by atoms with Gasteiger partial charge in [-0.2, -0.15) is 0 Å². The first-order valence-electron chi connectivity index (χ1n) is 7.54. The minimum atomic E-state index is -0.243. The topological polar surface area (TPSA) is 24.5 Å². The molecule has 2 heterocycles. The zero-order valence-corrected chi connectivity index (χ0v) is 12.1. The first-order valence-corrected chi connectivity index (χ1v) is 7.54. The van der Waals surface area contributed by atoms with E-state index in [1.165, 1.54) is 25.5 Å². The second-order valence-corrected chi connectivity index (χ2v) is 5.95. The Bertz CT molecular complexity index is 472. The predicted molar refractivity (Wildman–Crippen MR) is 77.5 cm³/mol. The van der Waals surface area contributed by atoms with Crippen LogP contribution >= 0.6 is 0 Å². The summed E-state index contributed by atoms with van der Waals surface area (Å²) in [5.41, 5.74) is 2.36. The third kappa shape index (κ3) is 2.96. The third-order valence-electron chi connectivity index (χ3n) is 4.48. The molecule has 0 amide bonds. The molecule has 1 unspecified atom stereocenters. The molecule has 0 saturated carbocycles. The van der Waals surface area contributed by atoms with Crippen LogP contribution in [0.4, 0.5) is 4.39 Å². The first-order chi connectivity index (χ1) is 9.76. The fourth-order valence-electron chi connectivity index (χ4n) is 3.37. The minimum absolute atomic E-state index is 0.243. The van der Waals surface area contributed by atoms with E-state index in [1.807, 2.05) is 6.07 Å². The Labute approximate surface area is 120 Å². The first kappa shape index (κ1) is 13.8. The molecule has 0 radical (unpaired) electrons. The molecular weight excluding hydrogens is 255 g/mol. The molecule has 20 heavy (non-hydrogen) atoms. The van der Waals surface area contributed by atoms with Crippen molar-refractivity contribution < 1.29 is 9.13 Å². The van der Waals surface area contributed by atoms with Gasteiger partial charge in [0.2, 0.25) is 0 Å². The molecular formula is C16H23FN2O. The maximum atomic E-state index is 13.8. The number of halogens is 1. The molecule has 1 N–H and O–H groups in total. The Balaban J connectivity index is 1.67. The maximum Gasteiger partial charge on any atom is 0.165 e. The second-order valence-electron chi connectivity index (χ2n) is 5.95. The van der Waals surface area contributed by atoms with Gasteiger partial charge in [0.05, 0.1) is 7.11 Å². The summed E-state index contributed by atoms with van der Waals surface area (Å²) in [6, 6.07) is 3.52. The van der Waals surface area contributed by atoms with Gasteiger partial charge >= 0.3 is 0 Å². The molecule has 0 aromatic heterocycles. The van der Waals surface area contributed by atoms with E-state index in [-0.39, 0.29) is 5.82 Å². The molecule has 0 aliphatic carbocycles. The van der Waals surface area contributed by atoms with Gasteiger partial charge in [0, 0.05) is 19.6 Å². The fraction of sp³-hybridized carbons (Fsp3) is 0.625. The van der Waals surface area contributed by atoms with E-state index in [9.17, 15) is 4.39 Å². The number of nitrogens with zero attached hydrogens (tertiary/aromatic N) is 1. The zero-order chi connectivity index (χ0) is 13.9. The Morgan fingerprint density at radius 2 is 2.30 bits per heavy atom. The molecule has 1 aromatic rings. The Morgan fingerprint density at radius 1 is 1.40 bits per heavy atom. The van der Waals surface area contributed by atoms with Crippen molar-refractivity contribution in [2.45, 2.75) is 25.8 Å². The van der Waals surface area contributed by atoms with E-state index in [0.717, 1.165) is 50.6 Å². The van der Waals surface area contributed by atoms with Crippen molar-refractivity contribution in [3.63, 3.8) is 0 Å². The van der Waals surface area contributed by atoms with Crippen LogP contribution < -0.4 is 10.1 Å². The van der Waals surface area contributed by atoms with Gasteiger partial charge in [-0.05, 0) is 61.5 Å². The van der Waals surface area contributed by atoms with Gasteiger partial charge in [0.15, 0.2) is 11.6 Å². The van der Waals surface area contributed by atoms with Crippen LogP contribution in [0.15, 0.2) is 12.1 Å². The molecule has 0 bridgehead atoms. The minimum Gasteiger partial charge on any atom is -0.494 e. The van der Waals surface area contributed by atoms with Crippen molar-refractivity contribution in [1.29, 1.82) is 0 Å². The van der Waals surface area contributed by atoms with Crippen LogP contribution in [0.2, 0.25) is 0 Å². The summed E-state index contributed by atoms with van der Waals surface area (Å²) in [6.07, 6.45) is 3.58. The quantitative estimate of drug-likeness (QED) is 0.917. The lowest BCUT2D eigenvalue weighted by atomic mass is 9.95. The molecule has 110 valence electrons. The van der Waals surface area contributed by atoms with Crippen molar-refractivity contribution >= 4 is 0 Å². The van der Waals surface area contributed by atoms with E-state index in [1.54, 1.807) is 6.07 Å². The number of piperidine rings is 1. The molecule has 0 spiro atoms. The van der Waals surface area contributed by atoms with Gasteiger partial charge in [0.25, 0.3) is 0 Å². The summed E-state index contributed by atoms with van der Waals surface area (Å²) in [5.74, 6) is 0.870. The van der Waals surface area contributed by atoms with Gasteiger partial charge < -0.3 is 10.1 Å². The van der Waals surface area contributed by atoms with Crippen LogP contribution in [0.1, 0.15) is 24.0 Å². The standard InChI is InChI=1S/C16H23FN2O/c1-20-16-8-13-4-6-19(11-14(13)7-15(16)17)10-12-3-2-5-18-9-12/h7-8,12,18H,2-6,9-11H2,1H3. The van der Waals surface area contributed by atoms with E-state index in [2.05, 4.69) is 10.2 Å². The lowest BCUT2D eigenvalue weighted by molar-refractivity contribution is 0.193. The molecule has 4 heteroatoms. The molecule has 1 saturated heterocycles. The van der Waals surface area contributed by atoms with Crippen LogP contribution in [0.5, 0.6) is 5.75 Å². The summed E-state index contributed by atoms with van der Waals surface area (Å²) in [4.78, 5) is 2.46. The number of nitrogens with one attached hydrogen (secondary N) is 1. The van der Waals surface area contributed by atoms with Crippen molar-refractivity contribution in [1.82, 2.24) is 10.2 Å². The number of benzene rings is 1. The van der Waals surface area contributed by atoms with Crippen LogP contribution in [0.3, 0.4) is 0 Å². The number of rotatable bonds is 3. The predicted octanol–water partition coefficient (Wildman–Crippen LogP) is 2.19. The highest BCUT2D eigenvalue weighted by Crippen LogP contribution is 2.27. The van der Waals surface area contributed by atoms with Gasteiger partial charge in [-0.25, -0.2) is 4.39 Å². The Kier molecular flexibility index (Phi) is 4.22. The highest BCUT2D eigenvalue weighted by molar-refractivity contribution is 5.38. The number of ether oxygens (including phenoxy) is 1. The van der Waals surface area contributed by atoms with Crippen molar-refractivity contribution in [2.75, 3.05) is 33.3 Å². The molecule has 2 aliphatic heterocycles. The van der Waals surface area contributed by atoms with Crippen LogP contribution in [-0.2, 0) is 13.0 Å². The van der Waals surface area contributed by atoms with Crippen molar-refractivity contribution in [3.8, 4) is 5.75 Å². The lowest BCUT2D eigenvalue weighted by Gasteiger charge is -2.33. The fourth-order valence-corrected chi connectivity index (χ4v) is 3.37. The highest BCUT2D eigenvalue weighted by atomic mass is 19.1. The molecule has 2 aliphatic rings. The van der Waals surface area contributed by atoms with E-state index >= 15 is 0 Å². The third-order valence-corrected chi connectivity index (χ3v) is 4.48. The maximum absolute atomic E-state index is 13.8. The number of methoxy groups -OCH3 is 1. The van der Waals surface area contributed by atoms with Crippen LogP contribution in [0.25, 0.3) is 0 Å². The summed E-state index contributed by atoms with van der Waals surface area (Å²) >= 11 is 0. The van der Waals surface area contributed by atoms with Crippen LogP contribution in [-0.4, -0.2) is 38.2 Å². The summed E-state index contributed by atoms with van der Waals surface area (Å²) in [6.45, 7) is 5.34. The number of hydrogen-bond acceptors (Lipinski definition) is 3. The second kappa shape index (κ2) is 6.10.